The Bertz CT molecular complexity index is 77.0. The first-order valence-electron chi connectivity index (χ1n) is 3.62. The van der Waals surface area contributed by atoms with E-state index in [1.165, 1.54) is 12.8 Å². The van der Waals surface area contributed by atoms with Crippen molar-refractivity contribution in [2.24, 2.45) is 0 Å². The molecule has 1 aliphatic rings. The van der Waals surface area contributed by atoms with E-state index in [1.807, 2.05) is 7.05 Å². The van der Waals surface area contributed by atoms with E-state index in [9.17, 15) is 0 Å². The SMILES string of the molecule is CNC1CCC(C)OC1. The van der Waals surface area contributed by atoms with E-state index in [0.29, 0.717) is 12.1 Å². The summed E-state index contributed by atoms with van der Waals surface area (Å²) < 4.78 is 5.42. The van der Waals surface area contributed by atoms with Crippen molar-refractivity contribution < 1.29 is 4.74 Å². The summed E-state index contributed by atoms with van der Waals surface area (Å²) in [4.78, 5) is 0. The molecular formula is C7H15NO. The van der Waals surface area contributed by atoms with Crippen LogP contribution in [0.2, 0.25) is 0 Å². The molecular weight excluding hydrogens is 114 g/mol. The van der Waals surface area contributed by atoms with Crippen molar-refractivity contribution in [3.05, 3.63) is 0 Å². The zero-order valence-electron chi connectivity index (χ0n) is 6.18. The molecule has 2 atom stereocenters. The summed E-state index contributed by atoms with van der Waals surface area (Å²) >= 11 is 0. The summed E-state index contributed by atoms with van der Waals surface area (Å²) in [5, 5.41) is 3.20. The molecule has 0 aromatic heterocycles. The molecule has 1 aliphatic heterocycles. The van der Waals surface area contributed by atoms with Gasteiger partial charge in [0.2, 0.25) is 0 Å². The van der Waals surface area contributed by atoms with Crippen molar-refractivity contribution in [2.75, 3.05) is 13.7 Å². The van der Waals surface area contributed by atoms with Crippen molar-refractivity contribution >= 4 is 0 Å². The summed E-state index contributed by atoms with van der Waals surface area (Å²) in [7, 11) is 1.99. The lowest BCUT2D eigenvalue weighted by molar-refractivity contribution is 0.0104. The Morgan fingerprint density at radius 2 is 2.22 bits per heavy atom. The molecule has 1 N–H and O–H groups in total. The van der Waals surface area contributed by atoms with Crippen LogP contribution in [-0.4, -0.2) is 25.8 Å². The number of hydrogen-bond donors (Lipinski definition) is 1. The lowest BCUT2D eigenvalue weighted by atomic mass is 10.1. The quantitative estimate of drug-likeness (QED) is 0.564. The van der Waals surface area contributed by atoms with Crippen LogP contribution in [0.15, 0.2) is 0 Å². The third kappa shape index (κ3) is 1.95. The van der Waals surface area contributed by atoms with Crippen molar-refractivity contribution in [1.82, 2.24) is 5.32 Å². The molecule has 1 saturated heterocycles. The molecule has 2 nitrogen and oxygen atoms in total. The zero-order chi connectivity index (χ0) is 6.69. The Labute approximate surface area is 56.6 Å². The van der Waals surface area contributed by atoms with Gasteiger partial charge in [0, 0.05) is 6.04 Å². The first-order chi connectivity index (χ1) is 4.33. The van der Waals surface area contributed by atoms with Crippen LogP contribution in [0.5, 0.6) is 0 Å². The average Bonchev–Trinajstić information content (AvgIpc) is 1.90. The maximum atomic E-state index is 5.42. The van der Waals surface area contributed by atoms with Gasteiger partial charge in [-0.15, -0.1) is 0 Å². The standard InChI is InChI=1S/C7H15NO/c1-6-3-4-7(8-2)5-9-6/h6-8H,3-5H2,1-2H3. The lowest BCUT2D eigenvalue weighted by Crippen LogP contribution is -2.36. The van der Waals surface area contributed by atoms with E-state index in [1.54, 1.807) is 0 Å². The van der Waals surface area contributed by atoms with E-state index < -0.39 is 0 Å². The molecule has 1 fully saturated rings. The third-order valence-electron chi connectivity index (χ3n) is 1.91. The highest BCUT2D eigenvalue weighted by Gasteiger charge is 2.15. The topological polar surface area (TPSA) is 21.3 Å². The van der Waals surface area contributed by atoms with Gasteiger partial charge in [-0.3, -0.25) is 0 Å². The minimum absolute atomic E-state index is 0.481. The fraction of sp³-hybridized carbons (Fsp3) is 1.00. The van der Waals surface area contributed by atoms with Gasteiger partial charge in [0.25, 0.3) is 0 Å². The number of ether oxygens (including phenoxy) is 1. The van der Waals surface area contributed by atoms with Crippen LogP contribution in [0.1, 0.15) is 19.8 Å². The van der Waals surface area contributed by atoms with E-state index in [0.717, 1.165) is 6.61 Å². The second-order valence-corrected chi connectivity index (χ2v) is 2.71. The molecule has 0 radical (unpaired) electrons. The fourth-order valence-electron chi connectivity index (χ4n) is 1.11. The van der Waals surface area contributed by atoms with Crippen LogP contribution in [0, 0.1) is 0 Å². The van der Waals surface area contributed by atoms with Gasteiger partial charge in [-0.25, -0.2) is 0 Å². The lowest BCUT2D eigenvalue weighted by Gasteiger charge is -2.26. The molecule has 54 valence electrons. The van der Waals surface area contributed by atoms with Crippen molar-refractivity contribution in [3.8, 4) is 0 Å². The average molecular weight is 129 g/mol. The molecule has 0 aromatic carbocycles. The van der Waals surface area contributed by atoms with Crippen molar-refractivity contribution in [3.63, 3.8) is 0 Å². The summed E-state index contributed by atoms with van der Waals surface area (Å²) in [6.07, 6.45) is 2.94. The summed E-state index contributed by atoms with van der Waals surface area (Å²) in [6.45, 7) is 3.02. The number of hydrogen-bond acceptors (Lipinski definition) is 2. The molecule has 0 aliphatic carbocycles. The summed E-state index contributed by atoms with van der Waals surface area (Å²) in [5.41, 5.74) is 0. The van der Waals surface area contributed by atoms with Crippen LogP contribution >= 0.6 is 0 Å². The van der Waals surface area contributed by atoms with E-state index in [-0.39, 0.29) is 0 Å². The molecule has 0 spiro atoms. The Morgan fingerprint density at radius 1 is 1.44 bits per heavy atom. The van der Waals surface area contributed by atoms with Gasteiger partial charge in [0.05, 0.1) is 12.7 Å². The predicted octanol–water partition coefficient (Wildman–Crippen LogP) is 0.773. The normalized spacial score (nSPS) is 36.7. The van der Waals surface area contributed by atoms with Gasteiger partial charge in [-0.05, 0) is 26.8 Å². The van der Waals surface area contributed by atoms with Crippen LogP contribution in [0.3, 0.4) is 0 Å². The van der Waals surface area contributed by atoms with Crippen LogP contribution in [0.4, 0.5) is 0 Å². The van der Waals surface area contributed by atoms with Crippen molar-refractivity contribution in [2.45, 2.75) is 31.9 Å². The minimum atomic E-state index is 0.481. The monoisotopic (exact) mass is 129 g/mol. The Kier molecular flexibility index (Phi) is 2.49. The van der Waals surface area contributed by atoms with Gasteiger partial charge in [0.15, 0.2) is 0 Å². The third-order valence-corrected chi connectivity index (χ3v) is 1.91. The number of nitrogens with one attached hydrogen (secondary N) is 1. The zero-order valence-corrected chi connectivity index (χ0v) is 6.18. The van der Waals surface area contributed by atoms with Gasteiger partial charge in [0.1, 0.15) is 0 Å². The van der Waals surface area contributed by atoms with E-state index in [2.05, 4.69) is 12.2 Å². The highest BCUT2D eigenvalue weighted by Crippen LogP contribution is 2.11. The van der Waals surface area contributed by atoms with Crippen molar-refractivity contribution in [1.29, 1.82) is 0 Å². The first-order valence-corrected chi connectivity index (χ1v) is 3.62. The molecule has 9 heavy (non-hydrogen) atoms. The van der Waals surface area contributed by atoms with Crippen LogP contribution < -0.4 is 5.32 Å². The summed E-state index contributed by atoms with van der Waals surface area (Å²) in [5.74, 6) is 0. The Hall–Kier alpha value is -0.0800. The van der Waals surface area contributed by atoms with E-state index in [4.69, 9.17) is 4.74 Å². The highest BCUT2D eigenvalue weighted by molar-refractivity contribution is 4.70. The molecule has 1 heterocycles. The van der Waals surface area contributed by atoms with Crippen LogP contribution in [-0.2, 0) is 4.74 Å². The summed E-state index contributed by atoms with van der Waals surface area (Å²) in [6, 6.07) is 0.598. The smallest absolute Gasteiger partial charge is 0.0623 e. The minimum Gasteiger partial charge on any atom is -0.377 e. The Morgan fingerprint density at radius 3 is 2.67 bits per heavy atom. The molecule has 0 bridgehead atoms. The second-order valence-electron chi connectivity index (χ2n) is 2.71. The van der Waals surface area contributed by atoms with Gasteiger partial charge in [-0.1, -0.05) is 0 Å². The van der Waals surface area contributed by atoms with Gasteiger partial charge < -0.3 is 10.1 Å². The predicted molar refractivity (Wildman–Crippen MR) is 37.5 cm³/mol. The fourth-order valence-corrected chi connectivity index (χ4v) is 1.11. The molecule has 0 saturated carbocycles. The largest absolute Gasteiger partial charge is 0.377 e. The van der Waals surface area contributed by atoms with Gasteiger partial charge >= 0.3 is 0 Å². The molecule has 2 unspecified atom stereocenters. The van der Waals surface area contributed by atoms with Crippen LogP contribution in [0.25, 0.3) is 0 Å². The Balaban J connectivity index is 2.18. The highest BCUT2D eigenvalue weighted by atomic mass is 16.5. The van der Waals surface area contributed by atoms with E-state index >= 15 is 0 Å². The molecule has 0 amide bonds. The molecule has 0 aromatic rings. The number of likely N-dealkylation sites (N-methyl/N-ethyl adjacent to an activating group) is 1. The molecule has 2 heteroatoms. The number of rotatable bonds is 1. The maximum absolute atomic E-state index is 5.42. The molecule has 1 rings (SSSR count). The second kappa shape index (κ2) is 3.18. The first kappa shape index (κ1) is 7.03. The van der Waals surface area contributed by atoms with Gasteiger partial charge in [-0.2, -0.15) is 0 Å². The maximum Gasteiger partial charge on any atom is 0.0623 e.